The number of aromatic nitrogens is 3. The second kappa shape index (κ2) is 12.7. The van der Waals surface area contributed by atoms with Crippen LogP contribution in [0.4, 0.5) is 22.1 Å². The molecule has 0 unspecified atom stereocenters. The maximum Gasteiger partial charge on any atom is 0.414 e. The zero-order valence-corrected chi connectivity index (χ0v) is 30.7. The molecule has 2 aliphatic rings. The van der Waals surface area contributed by atoms with E-state index in [-0.39, 0.29) is 5.04 Å². The average molecular weight is 655 g/mol. The van der Waals surface area contributed by atoms with Crippen molar-refractivity contribution in [2.24, 2.45) is 5.92 Å². The van der Waals surface area contributed by atoms with Gasteiger partial charge in [-0.3, -0.25) is 9.88 Å². The van der Waals surface area contributed by atoms with Crippen LogP contribution in [0.2, 0.25) is 18.1 Å². The van der Waals surface area contributed by atoms with Gasteiger partial charge in [-0.15, -0.1) is 0 Å². The van der Waals surface area contributed by atoms with Crippen molar-refractivity contribution in [3.05, 3.63) is 59.0 Å². The fourth-order valence-corrected chi connectivity index (χ4v) is 6.75. The lowest BCUT2D eigenvalue weighted by atomic mass is 9.83. The molecule has 0 bridgehead atoms. The van der Waals surface area contributed by atoms with Crippen LogP contribution < -0.4 is 10.2 Å². The number of aryl methyl sites for hydroxylation is 2. The van der Waals surface area contributed by atoms with Crippen LogP contribution in [0.1, 0.15) is 90.1 Å². The predicted molar refractivity (Wildman–Crippen MR) is 190 cm³/mol. The van der Waals surface area contributed by atoms with E-state index in [1.807, 2.05) is 40.0 Å². The summed E-state index contributed by atoms with van der Waals surface area (Å²) in [6.45, 7) is 21.5. The minimum atomic E-state index is -2.12. The monoisotopic (exact) mass is 654 g/mol. The standard InChI is InChI=1S/C37H50N6O3Si/c1-24-17-31(30(40-21-24)14-13-25-11-12-25)42-33-39-16-15-29(41-33)26-18-27(20-38)32-28(19-26)37(8,23-45-47(9,10)36(5,6)7)22-43(32)34(44)46-35(2,3)4/h15-19,21,25H,11-14,22-23H2,1-10H3,(H,39,41,42)/t37-/m1/s1. The van der Waals surface area contributed by atoms with Gasteiger partial charge in [0.25, 0.3) is 0 Å². The third kappa shape index (κ3) is 7.85. The Kier molecular flexibility index (Phi) is 9.30. The van der Waals surface area contributed by atoms with Crippen molar-refractivity contribution in [2.45, 2.75) is 110 Å². The molecule has 9 nitrogen and oxygen atoms in total. The molecule has 1 aliphatic carbocycles. The third-order valence-corrected chi connectivity index (χ3v) is 14.1. The van der Waals surface area contributed by atoms with E-state index >= 15 is 0 Å². The largest absolute Gasteiger partial charge is 0.443 e. The highest BCUT2D eigenvalue weighted by atomic mass is 28.4. The molecule has 1 aliphatic heterocycles. The summed E-state index contributed by atoms with van der Waals surface area (Å²) in [6, 6.07) is 10.2. The second-order valence-electron chi connectivity index (χ2n) is 16.1. The zero-order valence-electron chi connectivity index (χ0n) is 29.7. The van der Waals surface area contributed by atoms with E-state index in [0.717, 1.165) is 46.8 Å². The molecule has 2 aromatic heterocycles. The number of carbonyl (C=O) groups excluding carboxylic acids is 1. The Morgan fingerprint density at radius 1 is 1.15 bits per heavy atom. The topological polar surface area (TPSA) is 113 Å². The van der Waals surface area contributed by atoms with E-state index in [0.29, 0.717) is 36.0 Å². The molecule has 47 heavy (non-hydrogen) atoms. The number of amides is 1. The zero-order chi connectivity index (χ0) is 34.4. The van der Waals surface area contributed by atoms with Crippen LogP contribution in [-0.2, 0) is 21.0 Å². The molecule has 10 heteroatoms. The van der Waals surface area contributed by atoms with Crippen molar-refractivity contribution >= 4 is 31.7 Å². The molecule has 0 radical (unpaired) electrons. The highest BCUT2D eigenvalue weighted by Crippen LogP contribution is 2.47. The molecule has 1 aromatic carbocycles. The van der Waals surface area contributed by atoms with Crippen molar-refractivity contribution in [3.8, 4) is 17.3 Å². The van der Waals surface area contributed by atoms with E-state index in [2.05, 4.69) is 69.3 Å². The number of hydrogen-bond donors (Lipinski definition) is 1. The number of nitrogens with one attached hydrogen (secondary N) is 1. The Morgan fingerprint density at radius 2 is 1.87 bits per heavy atom. The molecule has 3 heterocycles. The Labute approximate surface area is 281 Å². The van der Waals surface area contributed by atoms with Gasteiger partial charge in [0, 0.05) is 36.5 Å². The fraction of sp³-hybridized carbons (Fsp3) is 0.541. The van der Waals surface area contributed by atoms with Gasteiger partial charge in [0.05, 0.1) is 28.3 Å². The van der Waals surface area contributed by atoms with Gasteiger partial charge >= 0.3 is 6.09 Å². The predicted octanol–water partition coefficient (Wildman–Crippen LogP) is 8.84. The molecule has 1 amide bonds. The number of nitrogens with zero attached hydrogens (tertiary/aromatic N) is 5. The van der Waals surface area contributed by atoms with Crippen LogP contribution >= 0.6 is 0 Å². The molecule has 1 atom stereocenters. The van der Waals surface area contributed by atoms with Gasteiger partial charge in [0.2, 0.25) is 5.95 Å². The van der Waals surface area contributed by atoms with E-state index in [1.165, 1.54) is 12.8 Å². The minimum Gasteiger partial charge on any atom is -0.443 e. The van der Waals surface area contributed by atoms with Crippen molar-refractivity contribution in [1.29, 1.82) is 5.26 Å². The average Bonchev–Trinajstić information content (AvgIpc) is 3.76. The van der Waals surface area contributed by atoms with Crippen molar-refractivity contribution in [2.75, 3.05) is 23.4 Å². The SMILES string of the molecule is Cc1cnc(CCC2CC2)c(Nc2nccc(-c3cc(C#N)c4c(c3)[C@@](C)(CO[Si](C)(C)C(C)(C)C)CN4C(=O)OC(C)(C)C)n2)c1. The summed E-state index contributed by atoms with van der Waals surface area (Å²) in [5.41, 5.74) is 4.99. The lowest BCUT2D eigenvalue weighted by Gasteiger charge is -2.39. The number of fused-ring (bicyclic) bond motifs is 1. The molecule has 5 rings (SSSR count). The number of benzene rings is 1. The van der Waals surface area contributed by atoms with E-state index in [9.17, 15) is 10.1 Å². The number of rotatable bonds is 9. The molecule has 250 valence electrons. The van der Waals surface area contributed by atoms with E-state index in [4.69, 9.17) is 19.1 Å². The second-order valence-corrected chi connectivity index (χ2v) is 20.9. The van der Waals surface area contributed by atoms with Crippen LogP contribution in [0.3, 0.4) is 0 Å². The van der Waals surface area contributed by atoms with Gasteiger partial charge < -0.3 is 14.5 Å². The van der Waals surface area contributed by atoms with Gasteiger partial charge in [-0.05, 0) is 100.0 Å². The summed E-state index contributed by atoms with van der Waals surface area (Å²) >= 11 is 0. The molecular weight excluding hydrogens is 605 g/mol. The molecular formula is C37H50N6O3Si. The summed E-state index contributed by atoms with van der Waals surface area (Å²) in [4.78, 5) is 29.3. The highest BCUT2D eigenvalue weighted by molar-refractivity contribution is 6.74. The van der Waals surface area contributed by atoms with Gasteiger partial charge in [0.1, 0.15) is 11.7 Å². The Balaban J connectivity index is 1.53. The highest BCUT2D eigenvalue weighted by Gasteiger charge is 2.47. The van der Waals surface area contributed by atoms with Gasteiger partial charge in [-0.2, -0.15) is 5.26 Å². The van der Waals surface area contributed by atoms with Crippen molar-refractivity contribution in [1.82, 2.24) is 15.0 Å². The van der Waals surface area contributed by atoms with Crippen LogP contribution in [0.25, 0.3) is 11.3 Å². The van der Waals surface area contributed by atoms with E-state index in [1.54, 1.807) is 17.2 Å². The summed E-state index contributed by atoms with van der Waals surface area (Å²) in [7, 11) is -2.12. The molecule has 1 N–H and O–H groups in total. The normalized spacial score (nSPS) is 18.1. The smallest absolute Gasteiger partial charge is 0.414 e. The fourth-order valence-electron chi connectivity index (χ4n) is 5.64. The van der Waals surface area contributed by atoms with Gasteiger partial charge in [-0.25, -0.2) is 14.8 Å². The first-order valence-electron chi connectivity index (χ1n) is 16.7. The number of anilines is 3. The molecule has 3 aromatic rings. The summed E-state index contributed by atoms with van der Waals surface area (Å²) < 4.78 is 12.6. The first kappa shape index (κ1) is 34.5. The lowest BCUT2D eigenvalue weighted by molar-refractivity contribution is 0.0575. The van der Waals surface area contributed by atoms with E-state index < -0.39 is 25.4 Å². The number of pyridine rings is 1. The lowest BCUT2D eigenvalue weighted by Crippen LogP contribution is -2.46. The molecule has 1 fully saturated rings. The molecule has 0 spiro atoms. The van der Waals surface area contributed by atoms with Crippen LogP contribution in [0.15, 0.2) is 36.7 Å². The van der Waals surface area contributed by atoms with Crippen molar-refractivity contribution in [3.63, 3.8) is 0 Å². The maximum atomic E-state index is 13.6. The number of nitriles is 1. The quantitative estimate of drug-likeness (QED) is 0.228. The Morgan fingerprint density at radius 3 is 2.51 bits per heavy atom. The van der Waals surface area contributed by atoms with Crippen LogP contribution in [0.5, 0.6) is 0 Å². The molecule has 0 saturated heterocycles. The summed E-state index contributed by atoms with van der Waals surface area (Å²) in [6.07, 6.45) is 7.82. The van der Waals surface area contributed by atoms with Crippen LogP contribution in [-0.4, -0.2) is 48.1 Å². The first-order valence-corrected chi connectivity index (χ1v) is 19.6. The third-order valence-electron chi connectivity index (χ3n) is 9.62. The van der Waals surface area contributed by atoms with Gasteiger partial charge in [0.15, 0.2) is 8.32 Å². The van der Waals surface area contributed by atoms with Crippen molar-refractivity contribution < 1.29 is 14.0 Å². The van der Waals surface area contributed by atoms with Gasteiger partial charge in [-0.1, -0.05) is 40.5 Å². The van der Waals surface area contributed by atoms with Crippen LogP contribution in [0, 0.1) is 24.2 Å². The maximum absolute atomic E-state index is 13.6. The summed E-state index contributed by atoms with van der Waals surface area (Å²) in [5, 5.41) is 13.9. The Bertz CT molecular complexity index is 1700. The summed E-state index contributed by atoms with van der Waals surface area (Å²) in [5.74, 6) is 1.27. The number of hydrogen-bond acceptors (Lipinski definition) is 8. The first-order chi connectivity index (χ1) is 21.9. The Hall–Kier alpha value is -3.81. The number of carbonyl (C=O) groups is 1. The molecule has 1 saturated carbocycles. The minimum absolute atomic E-state index is 0.0181. The number of ether oxygens (including phenoxy) is 1.